The van der Waals surface area contributed by atoms with Crippen molar-refractivity contribution in [3.05, 3.63) is 29.3 Å². The van der Waals surface area contributed by atoms with E-state index in [1.165, 1.54) is 11.8 Å². The van der Waals surface area contributed by atoms with Gasteiger partial charge in [0.15, 0.2) is 12.7 Å². The van der Waals surface area contributed by atoms with Crippen LogP contribution in [0.15, 0.2) is 24.3 Å². The van der Waals surface area contributed by atoms with Crippen LogP contribution in [-0.2, 0) is 14.3 Å². The van der Waals surface area contributed by atoms with Gasteiger partial charge in [-0.05, 0) is 38.0 Å². The molecule has 2 rings (SSSR count). The molecule has 0 N–H and O–H groups in total. The van der Waals surface area contributed by atoms with Gasteiger partial charge >= 0.3 is 5.97 Å². The van der Waals surface area contributed by atoms with E-state index in [9.17, 15) is 14.9 Å². The summed E-state index contributed by atoms with van der Waals surface area (Å²) in [4.78, 5) is 26.0. The molecule has 0 aromatic heterocycles. The van der Waals surface area contributed by atoms with Crippen LogP contribution in [0.2, 0.25) is 5.02 Å². The highest BCUT2D eigenvalue weighted by molar-refractivity contribution is 6.30. The predicted octanol–water partition coefficient (Wildman–Crippen LogP) is 3.34. The Morgan fingerprint density at radius 2 is 2.04 bits per heavy atom. The molecule has 0 unspecified atom stereocenters. The Balaban J connectivity index is 1.89. The summed E-state index contributed by atoms with van der Waals surface area (Å²) in [5, 5.41) is 10.1. The van der Waals surface area contributed by atoms with Crippen molar-refractivity contribution in [2.45, 2.75) is 50.7 Å². The average molecular weight is 379 g/mol. The molecule has 0 radical (unpaired) electrons. The molecule has 6 nitrogen and oxygen atoms in total. The number of hydrogen-bond donors (Lipinski definition) is 0. The third kappa shape index (κ3) is 4.89. The molecule has 1 aromatic rings. The molecule has 1 amide bonds. The second kappa shape index (κ2) is 8.91. The topological polar surface area (TPSA) is 79.6 Å². The molecule has 0 saturated heterocycles. The maximum Gasteiger partial charge on any atom is 0.344 e. The number of benzene rings is 1. The molecule has 140 valence electrons. The van der Waals surface area contributed by atoms with Crippen LogP contribution in [0.4, 0.5) is 0 Å². The first-order chi connectivity index (χ1) is 12.4. The van der Waals surface area contributed by atoms with E-state index in [0.29, 0.717) is 23.6 Å². The first-order valence-corrected chi connectivity index (χ1v) is 9.02. The number of nitrogens with zero attached hydrogens (tertiary/aromatic N) is 2. The van der Waals surface area contributed by atoms with Crippen LogP contribution in [0, 0.1) is 11.3 Å². The number of esters is 1. The number of amides is 1. The normalized spacial score (nSPS) is 16.8. The number of rotatable bonds is 6. The van der Waals surface area contributed by atoms with Gasteiger partial charge in [-0.25, -0.2) is 4.79 Å². The zero-order chi connectivity index (χ0) is 19.2. The molecule has 26 heavy (non-hydrogen) atoms. The molecular weight excluding hydrogens is 356 g/mol. The van der Waals surface area contributed by atoms with Crippen molar-refractivity contribution in [2.75, 3.05) is 13.7 Å². The number of halogens is 1. The molecule has 0 spiro atoms. The summed E-state index contributed by atoms with van der Waals surface area (Å²) in [5.74, 6) is -0.602. The van der Waals surface area contributed by atoms with E-state index in [1.807, 2.05) is 0 Å². The van der Waals surface area contributed by atoms with Crippen molar-refractivity contribution in [3.63, 3.8) is 0 Å². The Labute approximate surface area is 158 Å². The van der Waals surface area contributed by atoms with Crippen molar-refractivity contribution in [3.8, 4) is 11.8 Å². The predicted molar refractivity (Wildman–Crippen MR) is 96.7 cm³/mol. The molecule has 1 aliphatic carbocycles. The zero-order valence-electron chi connectivity index (χ0n) is 15.0. The summed E-state index contributed by atoms with van der Waals surface area (Å²) in [7, 11) is 1.60. The van der Waals surface area contributed by atoms with E-state index in [2.05, 4.69) is 6.07 Å². The van der Waals surface area contributed by atoms with Gasteiger partial charge in [-0.1, -0.05) is 36.9 Å². The quantitative estimate of drug-likeness (QED) is 0.709. The third-order valence-electron chi connectivity index (χ3n) is 4.67. The lowest BCUT2D eigenvalue weighted by Gasteiger charge is -2.39. The fourth-order valence-corrected chi connectivity index (χ4v) is 3.30. The van der Waals surface area contributed by atoms with Crippen molar-refractivity contribution in [1.82, 2.24) is 4.90 Å². The van der Waals surface area contributed by atoms with Crippen LogP contribution < -0.4 is 4.74 Å². The lowest BCUT2D eigenvalue weighted by molar-refractivity contribution is -0.162. The largest absolute Gasteiger partial charge is 0.482 e. The molecule has 0 aliphatic heterocycles. The van der Waals surface area contributed by atoms with Gasteiger partial charge in [0.2, 0.25) is 0 Å². The number of carbonyl (C=O) groups is 2. The summed E-state index contributed by atoms with van der Waals surface area (Å²) in [5.41, 5.74) is -0.812. The minimum Gasteiger partial charge on any atom is -0.482 e. The van der Waals surface area contributed by atoms with Gasteiger partial charge in [0.25, 0.3) is 5.91 Å². The van der Waals surface area contributed by atoms with Crippen molar-refractivity contribution in [2.24, 2.45) is 0 Å². The number of ether oxygens (including phenoxy) is 2. The van der Waals surface area contributed by atoms with Gasteiger partial charge in [0, 0.05) is 12.1 Å². The van der Waals surface area contributed by atoms with Crippen molar-refractivity contribution >= 4 is 23.5 Å². The van der Waals surface area contributed by atoms with E-state index >= 15 is 0 Å². The highest BCUT2D eigenvalue weighted by Crippen LogP contribution is 2.32. The monoisotopic (exact) mass is 378 g/mol. The standard InChI is InChI=1S/C19H23ClN2O4/c1-14(18(24)22(2)19(13-21)9-4-3-5-10-19)26-17(23)12-25-16-8-6-7-15(20)11-16/h6-8,11,14H,3-5,9-10,12H2,1-2H3/t14-/m1/s1. The van der Waals surface area contributed by atoms with E-state index < -0.39 is 17.6 Å². The van der Waals surface area contributed by atoms with Crippen LogP contribution in [0.1, 0.15) is 39.0 Å². The molecule has 1 fully saturated rings. The second-order valence-electron chi connectivity index (χ2n) is 6.48. The summed E-state index contributed by atoms with van der Waals surface area (Å²) in [6.07, 6.45) is 3.19. The molecule has 0 heterocycles. The first kappa shape index (κ1) is 20.1. The van der Waals surface area contributed by atoms with Gasteiger partial charge in [-0.15, -0.1) is 0 Å². The lowest BCUT2D eigenvalue weighted by Crippen LogP contribution is -2.53. The van der Waals surface area contributed by atoms with Crippen molar-refractivity contribution < 1.29 is 19.1 Å². The Kier molecular flexibility index (Phi) is 6.87. The van der Waals surface area contributed by atoms with E-state index in [0.717, 1.165) is 19.3 Å². The zero-order valence-corrected chi connectivity index (χ0v) is 15.8. The minimum atomic E-state index is -0.984. The number of hydrogen-bond acceptors (Lipinski definition) is 5. The van der Waals surface area contributed by atoms with Crippen LogP contribution in [0.5, 0.6) is 5.75 Å². The lowest BCUT2D eigenvalue weighted by atomic mass is 9.81. The Bertz CT molecular complexity index is 695. The van der Waals surface area contributed by atoms with Gasteiger partial charge in [-0.3, -0.25) is 4.79 Å². The summed E-state index contributed by atoms with van der Waals surface area (Å²) < 4.78 is 10.5. The van der Waals surface area contributed by atoms with Crippen LogP contribution in [0.3, 0.4) is 0 Å². The Morgan fingerprint density at radius 1 is 1.35 bits per heavy atom. The number of nitriles is 1. The third-order valence-corrected chi connectivity index (χ3v) is 4.91. The van der Waals surface area contributed by atoms with Gasteiger partial charge in [-0.2, -0.15) is 5.26 Å². The maximum absolute atomic E-state index is 12.6. The number of carbonyl (C=O) groups excluding carboxylic acids is 2. The highest BCUT2D eigenvalue weighted by atomic mass is 35.5. The smallest absolute Gasteiger partial charge is 0.344 e. The Morgan fingerprint density at radius 3 is 2.65 bits per heavy atom. The van der Waals surface area contributed by atoms with E-state index in [-0.39, 0.29) is 12.5 Å². The first-order valence-electron chi connectivity index (χ1n) is 8.65. The fraction of sp³-hybridized carbons (Fsp3) is 0.526. The SMILES string of the molecule is C[C@@H](OC(=O)COc1cccc(Cl)c1)C(=O)N(C)C1(C#N)CCCCC1. The molecule has 1 saturated carbocycles. The summed E-state index contributed by atoms with van der Waals surface area (Å²) in [6.45, 7) is 1.18. The fourth-order valence-electron chi connectivity index (χ4n) is 3.12. The Hall–Kier alpha value is -2.26. The molecule has 0 bridgehead atoms. The molecular formula is C19H23ClN2O4. The maximum atomic E-state index is 12.6. The summed E-state index contributed by atoms with van der Waals surface area (Å²) >= 11 is 5.85. The molecule has 1 aliphatic rings. The van der Waals surface area contributed by atoms with Gasteiger partial charge in [0.05, 0.1) is 6.07 Å². The van der Waals surface area contributed by atoms with Crippen LogP contribution in [0.25, 0.3) is 0 Å². The average Bonchev–Trinajstić information content (AvgIpc) is 2.65. The van der Waals surface area contributed by atoms with Crippen LogP contribution in [-0.4, -0.2) is 42.1 Å². The van der Waals surface area contributed by atoms with Gasteiger partial charge < -0.3 is 14.4 Å². The molecule has 7 heteroatoms. The highest BCUT2D eigenvalue weighted by Gasteiger charge is 2.40. The van der Waals surface area contributed by atoms with E-state index in [4.69, 9.17) is 21.1 Å². The van der Waals surface area contributed by atoms with E-state index in [1.54, 1.807) is 31.3 Å². The van der Waals surface area contributed by atoms with Crippen LogP contribution >= 0.6 is 11.6 Å². The molecule has 1 aromatic carbocycles. The van der Waals surface area contributed by atoms with Crippen molar-refractivity contribution in [1.29, 1.82) is 5.26 Å². The minimum absolute atomic E-state index is 0.328. The van der Waals surface area contributed by atoms with Gasteiger partial charge in [0.1, 0.15) is 11.3 Å². The molecule has 1 atom stereocenters. The summed E-state index contributed by atoms with van der Waals surface area (Å²) in [6, 6.07) is 8.93. The number of likely N-dealkylation sites (N-methyl/N-ethyl adjacent to an activating group) is 1. The second-order valence-corrected chi connectivity index (χ2v) is 6.92.